The Morgan fingerprint density at radius 1 is 1.14 bits per heavy atom. The zero-order valence-corrected chi connectivity index (χ0v) is 15.3. The molecule has 5 N–H and O–H groups in total. The van der Waals surface area contributed by atoms with Crippen molar-refractivity contribution in [3.8, 4) is 0 Å². The first-order valence-corrected chi connectivity index (χ1v) is 9.30. The van der Waals surface area contributed by atoms with Crippen LogP contribution in [0.5, 0.6) is 0 Å². The number of rotatable bonds is 5. The first-order chi connectivity index (χ1) is 13.5. The molecule has 0 saturated carbocycles. The number of carbonyl (C=O) groups is 3. The van der Waals surface area contributed by atoms with Gasteiger partial charge in [0.1, 0.15) is 6.04 Å². The average Bonchev–Trinajstić information content (AvgIpc) is 3.23. The van der Waals surface area contributed by atoms with Gasteiger partial charge in [-0.25, -0.2) is 0 Å². The van der Waals surface area contributed by atoms with Crippen LogP contribution in [-0.4, -0.2) is 30.3 Å². The first-order valence-electron chi connectivity index (χ1n) is 9.30. The zero-order valence-electron chi connectivity index (χ0n) is 15.3. The van der Waals surface area contributed by atoms with Crippen molar-refractivity contribution in [1.82, 2.24) is 5.32 Å². The van der Waals surface area contributed by atoms with Crippen LogP contribution in [0.1, 0.15) is 24.0 Å². The van der Waals surface area contributed by atoms with E-state index in [-0.39, 0.29) is 24.1 Å². The van der Waals surface area contributed by atoms with E-state index < -0.39 is 11.5 Å². The van der Waals surface area contributed by atoms with Gasteiger partial charge in [-0.15, -0.1) is 0 Å². The fourth-order valence-electron chi connectivity index (χ4n) is 3.98. The second kappa shape index (κ2) is 6.99. The van der Waals surface area contributed by atoms with E-state index in [4.69, 9.17) is 5.73 Å². The standard InChI is InChI=1S/C21H22N4O3/c22-18(26)10-7-13-5-8-14(9-6-13)24-19(27)17-11-21(20(28)25-17)12-23-16-4-2-1-3-15(16)21/h1-6,8-9,17,23H,7,10-12H2,(H2,22,26)(H,24,27)(H,25,28). The van der Waals surface area contributed by atoms with Crippen molar-refractivity contribution < 1.29 is 14.4 Å². The van der Waals surface area contributed by atoms with E-state index in [1.165, 1.54) is 0 Å². The summed E-state index contributed by atoms with van der Waals surface area (Å²) in [6, 6.07) is 14.4. The number of amides is 3. The van der Waals surface area contributed by atoms with Crippen LogP contribution in [0.3, 0.4) is 0 Å². The summed E-state index contributed by atoms with van der Waals surface area (Å²) in [7, 11) is 0. The van der Waals surface area contributed by atoms with Gasteiger partial charge in [-0.1, -0.05) is 30.3 Å². The van der Waals surface area contributed by atoms with Crippen LogP contribution in [-0.2, 0) is 26.2 Å². The van der Waals surface area contributed by atoms with Crippen molar-refractivity contribution >= 4 is 29.1 Å². The van der Waals surface area contributed by atoms with Crippen LogP contribution < -0.4 is 21.7 Å². The molecule has 1 fully saturated rings. The lowest BCUT2D eigenvalue weighted by atomic mass is 9.79. The fraction of sp³-hybridized carbons (Fsp3) is 0.286. The Labute approximate surface area is 162 Å². The predicted molar refractivity (Wildman–Crippen MR) is 106 cm³/mol. The molecule has 7 heteroatoms. The van der Waals surface area contributed by atoms with Gasteiger partial charge in [0.15, 0.2) is 0 Å². The molecule has 1 spiro atoms. The van der Waals surface area contributed by atoms with Crippen LogP contribution in [0, 0.1) is 0 Å². The van der Waals surface area contributed by atoms with E-state index in [0.717, 1.165) is 16.8 Å². The van der Waals surface area contributed by atoms with Crippen molar-refractivity contribution in [1.29, 1.82) is 0 Å². The first kappa shape index (κ1) is 18.0. The Hall–Kier alpha value is -3.35. The molecule has 0 bridgehead atoms. The van der Waals surface area contributed by atoms with Crippen LogP contribution in [0.15, 0.2) is 48.5 Å². The molecule has 7 nitrogen and oxygen atoms in total. The molecule has 2 unspecified atom stereocenters. The Morgan fingerprint density at radius 3 is 2.64 bits per heavy atom. The van der Waals surface area contributed by atoms with Crippen molar-refractivity contribution in [3.63, 3.8) is 0 Å². The summed E-state index contributed by atoms with van der Waals surface area (Å²) in [5.74, 6) is -0.697. The number of nitrogens with one attached hydrogen (secondary N) is 3. The van der Waals surface area contributed by atoms with Crippen molar-refractivity contribution in [2.75, 3.05) is 17.2 Å². The molecular formula is C21H22N4O3. The van der Waals surface area contributed by atoms with Gasteiger partial charge < -0.3 is 21.7 Å². The smallest absolute Gasteiger partial charge is 0.246 e. The highest BCUT2D eigenvalue weighted by Crippen LogP contribution is 2.43. The molecular weight excluding hydrogens is 356 g/mol. The number of hydrogen-bond acceptors (Lipinski definition) is 4. The maximum absolute atomic E-state index is 12.7. The summed E-state index contributed by atoms with van der Waals surface area (Å²) in [6.07, 6.45) is 1.27. The van der Waals surface area contributed by atoms with Gasteiger partial charge in [0.05, 0.1) is 5.41 Å². The van der Waals surface area contributed by atoms with Crippen LogP contribution in [0.2, 0.25) is 0 Å². The van der Waals surface area contributed by atoms with E-state index in [2.05, 4.69) is 16.0 Å². The highest BCUT2D eigenvalue weighted by molar-refractivity contribution is 6.04. The quantitative estimate of drug-likeness (QED) is 0.628. The van der Waals surface area contributed by atoms with E-state index in [0.29, 0.717) is 25.1 Å². The number of fused-ring (bicyclic) bond motifs is 2. The predicted octanol–water partition coefficient (Wildman–Crippen LogP) is 1.29. The number of anilines is 2. The van der Waals surface area contributed by atoms with Gasteiger partial charge in [0.2, 0.25) is 17.7 Å². The highest BCUT2D eigenvalue weighted by Gasteiger charge is 2.53. The van der Waals surface area contributed by atoms with Gasteiger partial charge in [0, 0.05) is 24.3 Å². The van der Waals surface area contributed by atoms with E-state index in [1.54, 1.807) is 12.1 Å². The molecule has 2 aromatic carbocycles. The van der Waals surface area contributed by atoms with Gasteiger partial charge in [-0.3, -0.25) is 14.4 Å². The minimum atomic E-state index is -0.697. The minimum Gasteiger partial charge on any atom is -0.383 e. The molecule has 1 saturated heterocycles. The van der Waals surface area contributed by atoms with Crippen LogP contribution >= 0.6 is 0 Å². The van der Waals surface area contributed by atoms with E-state index in [1.807, 2.05) is 36.4 Å². The number of hydrogen-bond donors (Lipinski definition) is 4. The summed E-state index contributed by atoms with van der Waals surface area (Å²) >= 11 is 0. The summed E-state index contributed by atoms with van der Waals surface area (Å²) < 4.78 is 0. The summed E-state index contributed by atoms with van der Waals surface area (Å²) in [6.45, 7) is 0.497. The average molecular weight is 378 g/mol. The topological polar surface area (TPSA) is 113 Å². The molecule has 2 atom stereocenters. The van der Waals surface area contributed by atoms with E-state index in [9.17, 15) is 14.4 Å². The monoisotopic (exact) mass is 378 g/mol. The normalized spacial score (nSPS) is 22.4. The van der Waals surface area contributed by atoms with Crippen molar-refractivity contribution in [3.05, 3.63) is 59.7 Å². The molecule has 2 aliphatic heterocycles. The number of carbonyl (C=O) groups excluding carboxylic acids is 3. The lowest BCUT2D eigenvalue weighted by Gasteiger charge is -2.19. The molecule has 2 heterocycles. The fourth-order valence-corrected chi connectivity index (χ4v) is 3.98. The molecule has 0 aliphatic carbocycles. The van der Waals surface area contributed by atoms with Crippen molar-refractivity contribution in [2.45, 2.75) is 30.7 Å². The number of aryl methyl sites for hydroxylation is 1. The lowest BCUT2D eigenvalue weighted by Crippen LogP contribution is -2.39. The molecule has 0 aromatic heterocycles. The second-order valence-electron chi connectivity index (χ2n) is 7.36. The van der Waals surface area contributed by atoms with Crippen LogP contribution in [0.4, 0.5) is 11.4 Å². The summed E-state index contributed by atoms with van der Waals surface area (Å²) in [4.78, 5) is 36.3. The number of nitrogens with two attached hydrogens (primary N) is 1. The summed E-state index contributed by atoms with van der Waals surface area (Å²) in [5.41, 5.74) is 7.98. The molecule has 0 radical (unpaired) electrons. The van der Waals surface area contributed by atoms with Crippen molar-refractivity contribution in [2.24, 2.45) is 5.73 Å². The SMILES string of the molecule is NC(=O)CCc1ccc(NC(=O)C2CC3(CNc4ccccc43)C(=O)N2)cc1. The van der Waals surface area contributed by atoms with Gasteiger partial charge >= 0.3 is 0 Å². The van der Waals surface area contributed by atoms with Gasteiger partial charge in [-0.05, 0) is 42.2 Å². The third-order valence-electron chi connectivity index (χ3n) is 5.51. The van der Waals surface area contributed by atoms with Gasteiger partial charge in [-0.2, -0.15) is 0 Å². The third-order valence-corrected chi connectivity index (χ3v) is 5.51. The maximum atomic E-state index is 12.7. The Balaban J connectivity index is 1.43. The Bertz CT molecular complexity index is 941. The molecule has 2 aliphatic rings. The molecule has 2 aromatic rings. The maximum Gasteiger partial charge on any atom is 0.246 e. The zero-order chi connectivity index (χ0) is 19.7. The molecule has 144 valence electrons. The Kier molecular flexibility index (Phi) is 4.50. The lowest BCUT2D eigenvalue weighted by molar-refractivity contribution is -0.125. The van der Waals surface area contributed by atoms with E-state index >= 15 is 0 Å². The minimum absolute atomic E-state index is 0.119. The van der Waals surface area contributed by atoms with Crippen LogP contribution in [0.25, 0.3) is 0 Å². The Morgan fingerprint density at radius 2 is 1.89 bits per heavy atom. The number of para-hydroxylation sites is 1. The molecule has 4 rings (SSSR count). The molecule has 28 heavy (non-hydrogen) atoms. The third kappa shape index (κ3) is 3.19. The highest BCUT2D eigenvalue weighted by atomic mass is 16.2. The number of benzene rings is 2. The van der Waals surface area contributed by atoms with Gasteiger partial charge in [0.25, 0.3) is 0 Å². The largest absolute Gasteiger partial charge is 0.383 e. The summed E-state index contributed by atoms with van der Waals surface area (Å²) in [5, 5.41) is 8.98. The molecule has 3 amide bonds. The number of primary amides is 1. The second-order valence-corrected chi connectivity index (χ2v) is 7.36.